The molecule has 3 nitrogen and oxygen atoms in total. The normalized spacial score (nSPS) is 25.3. The molecule has 2 N–H and O–H groups in total. The fourth-order valence-corrected chi connectivity index (χ4v) is 2.77. The van der Waals surface area contributed by atoms with E-state index in [1.165, 1.54) is 19.5 Å². The van der Waals surface area contributed by atoms with Gasteiger partial charge < -0.3 is 15.3 Å². The zero-order chi connectivity index (χ0) is 13.8. The van der Waals surface area contributed by atoms with Crippen LogP contribution in [-0.2, 0) is 0 Å². The molecule has 1 saturated heterocycles. The molecule has 0 aliphatic carbocycles. The van der Waals surface area contributed by atoms with E-state index in [1.54, 1.807) is 0 Å². The monoisotopic (exact) mass is 256 g/mol. The highest BCUT2D eigenvalue weighted by Gasteiger charge is 2.34. The van der Waals surface area contributed by atoms with Gasteiger partial charge >= 0.3 is 0 Å². The van der Waals surface area contributed by atoms with E-state index in [0.717, 1.165) is 25.4 Å². The first-order valence-corrected chi connectivity index (χ1v) is 7.39. The van der Waals surface area contributed by atoms with Crippen molar-refractivity contribution < 1.29 is 5.11 Å². The molecule has 0 radical (unpaired) electrons. The molecule has 2 unspecified atom stereocenters. The lowest BCUT2D eigenvalue weighted by atomic mass is 9.80. The highest BCUT2D eigenvalue weighted by atomic mass is 16.3. The zero-order valence-electron chi connectivity index (χ0n) is 12.9. The van der Waals surface area contributed by atoms with Crippen LogP contribution in [0.25, 0.3) is 0 Å². The molecular weight excluding hydrogens is 224 g/mol. The number of aliphatic hydroxyl groups excluding tert-OH is 1. The van der Waals surface area contributed by atoms with Crippen LogP contribution in [0.4, 0.5) is 0 Å². The van der Waals surface area contributed by atoms with Crippen molar-refractivity contribution in [1.29, 1.82) is 0 Å². The summed E-state index contributed by atoms with van der Waals surface area (Å²) in [5.74, 6) is 0.784. The molecule has 0 aromatic heterocycles. The lowest BCUT2D eigenvalue weighted by Gasteiger charge is -2.34. The van der Waals surface area contributed by atoms with E-state index >= 15 is 0 Å². The number of likely N-dealkylation sites (tertiary alicyclic amines) is 1. The molecular formula is C15H32N2O. The summed E-state index contributed by atoms with van der Waals surface area (Å²) in [4.78, 5) is 2.51. The minimum Gasteiger partial charge on any atom is -0.394 e. The van der Waals surface area contributed by atoms with Crippen LogP contribution in [-0.4, -0.2) is 48.3 Å². The molecule has 0 aromatic rings. The van der Waals surface area contributed by atoms with Gasteiger partial charge in [0.25, 0.3) is 0 Å². The van der Waals surface area contributed by atoms with Gasteiger partial charge in [-0.1, -0.05) is 27.7 Å². The Morgan fingerprint density at radius 3 is 2.39 bits per heavy atom. The lowest BCUT2D eigenvalue weighted by molar-refractivity contribution is 0.125. The molecule has 0 saturated carbocycles. The minimum absolute atomic E-state index is 0.150. The fourth-order valence-electron chi connectivity index (χ4n) is 2.77. The second-order valence-electron chi connectivity index (χ2n) is 7.23. The number of hydrogen-bond acceptors (Lipinski definition) is 3. The van der Waals surface area contributed by atoms with Gasteiger partial charge in [-0.05, 0) is 44.2 Å². The van der Waals surface area contributed by atoms with Crippen LogP contribution >= 0.6 is 0 Å². The van der Waals surface area contributed by atoms with Crippen molar-refractivity contribution in [3.63, 3.8) is 0 Å². The van der Waals surface area contributed by atoms with E-state index in [4.69, 9.17) is 0 Å². The molecule has 3 heteroatoms. The molecule has 1 fully saturated rings. The average Bonchev–Trinajstić information content (AvgIpc) is 2.74. The standard InChI is InChI=1S/C15H32N2O/c1-6-8-16-15(5,12-18)11-17-9-7-13(10-17)14(2,3)4/h13,16,18H,6-12H2,1-5H3. The van der Waals surface area contributed by atoms with E-state index in [1.807, 2.05) is 0 Å². The van der Waals surface area contributed by atoms with E-state index in [-0.39, 0.29) is 12.1 Å². The third-order valence-electron chi connectivity index (χ3n) is 4.22. The van der Waals surface area contributed by atoms with Crippen molar-refractivity contribution in [1.82, 2.24) is 10.2 Å². The predicted octanol–water partition coefficient (Wildman–Crippen LogP) is 2.10. The van der Waals surface area contributed by atoms with Gasteiger partial charge in [0.2, 0.25) is 0 Å². The van der Waals surface area contributed by atoms with Gasteiger partial charge in [-0.2, -0.15) is 0 Å². The number of hydrogen-bond donors (Lipinski definition) is 2. The fraction of sp³-hybridized carbons (Fsp3) is 1.00. The first kappa shape index (κ1) is 15.9. The Labute approximate surface area is 113 Å². The largest absolute Gasteiger partial charge is 0.394 e. The van der Waals surface area contributed by atoms with Gasteiger partial charge in [0.1, 0.15) is 0 Å². The Bertz CT molecular complexity index is 249. The Morgan fingerprint density at radius 2 is 1.94 bits per heavy atom. The Kier molecular flexibility index (Phi) is 5.63. The smallest absolute Gasteiger partial charge is 0.0623 e. The molecule has 0 bridgehead atoms. The summed E-state index contributed by atoms with van der Waals surface area (Å²) in [7, 11) is 0. The molecule has 1 aliphatic heterocycles. The van der Waals surface area contributed by atoms with E-state index in [9.17, 15) is 5.11 Å². The van der Waals surface area contributed by atoms with Crippen LogP contribution in [0.3, 0.4) is 0 Å². The van der Waals surface area contributed by atoms with Crippen molar-refractivity contribution in [2.75, 3.05) is 32.8 Å². The van der Waals surface area contributed by atoms with Crippen LogP contribution in [0, 0.1) is 11.3 Å². The van der Waals surface area contributed by atoms with Crippen molar-refractivity contribution in [2.45, 2.75) is 53.0 Å². The molecule has 108 valence electrons. The topological polar surface area (TPSA) is 35.5 Å². The molecule has 1 aliphatic rings. The molecule has 1 rings (SSSR count). The molecule has 18 heavy (non-hydrogen) atoms. The lowest BCUT2D eigenvalue weighted by Crippen LogP contribution is -2.54. The van der Waals surface area contributed by atoms with Crippen molar-refractivity contribution in [3.8, 4) is 0 Å². The van der Waals surface area contributed by atoms with E-state index < -0.39 is 0 Å². The van der Waals surface area contributed by atoms with Crippen LogP contribution in [0.5, 0.6) is 0 Å². The third kappa shape index (κ3) is 4.52. The average molecular weight is 256 g/mol. The highest BCUT2D eigenvalue weighted by molar-refractivity contribution is 4.91. The molecule has 2 atom stereocenters. The molecule has 0 aromatic carbocycles. The Morgan fingerprint density at radius 1 is 1.28 bits per heavy atom. The first-order valence-electron chi connectivity index (χ1n) is 7.39. The van der Waals surface area contributed by atoms with Crippen LogP contribution < -0.4 is 5.32 Å². The molecule has 0 spiro atoms. The summed E-state index contributed by atoms with van der Waals surface area (Å²) in [6, 6.07) is 0. The quantitative estimate of drug-likeness (QED) is 0.764. The van der Waals surface area contributed by atoms with Crippen LogP contribution in [0.15, 0.2) is 0 Å². The number of nitrogens with zero attached hydrogens (tertiary/aromatic N) is 1. The van der Waals surface area contributed by atoms with Crippen LogP contribution in [0.1, 0.15) is 47.5 Å². The Hall–Kier alpha value is -0.120. The van der Waals surface area contributed by atoms with Gasteiger partial charge in [-0.15, -0.1) is 0 Å². The maximum atomic E-state index is 9.61. The van der Waals surface area contributed by atoms with Crippen molar-refractivity contribution in [3.05, 3.63) is 0 Å². The Balaban J connectivity index is 2.47. The molecule has 0 amide bonds. The maximum Gasteiger partial charge on any atom is 0.0623 e. The number of aliphatic hydroxyl groups is 1. The van der Waals surface area contributed by atoms with Crippen LogP contribution in [0.2, 0.25) is 0 Å². The van der Waals surface area contributed by atoms with Gasteiger partial charge in [-0.25, -0.2) is 0 Å². The predicted molar refractivity (Wildman–Crippen MR) is 77.8 cm³/mol. The summed E-state index contributed by atoms with van der Waals surface area (Å²) < 4.78 is 0. The third-order valence-corrected chi connectivity index (χ3v) is 4.22. The summed E-state index contributed by atoms with van der Waals surface area (Å²) in [5.41, 5.74) is 0.254. The van der Waals surface area contributed by atoms with E-state index in [0.29, 0.717) is 5.41 Å². The zero-order valence-corrected chi connectivity index (χ0v) is 12.9. The molecule has 1 heterocycles. The highest BCUT2D eigenvalue weighted by Crippen LogP contribution is 2.33. The summed E-state index contributed by atoms with van der Waals surface area (Å²) in [5, 5.41) is 13.1. The first-order chi connectivity index (χ1) is 8.30. The van der Waals surface area contributed by atoms with Gasteiger partial charge in [-0.3, -0.25) is 0 Å². The summed E-state index contributed by atoms with van der Waals surface area (Å²) in [6.07, 6.45) is 2.40. The SMILES string of the molecule is CCCNC(C)(CO)CN1CCC(C(C)(C)C)C1. The van der Waals surface area contributed by atoms with Gasteiger partial charge in [0.05, 0.1) is 12.1 Å². The second kappa shape index (κ2) is 6.36. The minimum atomic E-state index is -0.150. The second-order valence-corrected chi connectivity index (χ2v) is 7.23. The van der Waals surface area contributed by atoms with Crippen molar-refractivity contribution in [2.24, 2.45) is 11.3 Å². The van der Waals surface area contributed by atoms with Gasteiger partial charge in [0, 0.05) is 13.1 Å². The number of nitrogens with one attached hydrogen (secondary N) is 1. The van der Waals surface area contributed by atoms with E-state index in [2.05, 4.69) is 44.8 Å². The summed E-state index contributed by atoms with van der Waals surface area (Å²) >= 11 is 0. The summed E-state index contributed by atoms with van der Waals surface area (Å²) in [6.45, 7) is 15.8. The maximum absolute atomic E-state index is 9.61. The number of rotatable bonds is 6. The van der Waals surface area contributed by atoms with Gasteiger partial charge in [0.15, 0.2) is 0 Å². The van der Waals surface area contributed by atoms with Crippen molar-refractivity contribution >= 4 is 0 Å².